The van der Waals surface area contributed by atoms with Gasteiger partial charge in [0.1, 0.15) is 0 Å². The van der Waals surface area contributed by atoms with Crippen LogP contribution in [0, 0.1) is 11.8 Å². The van der Waals surface area contributed by atoms with Gasteiger partial charge in [-0.25, -0.2) is 0 Å². The average molecular weight is 287 g/mol. The molecule has 1 heteroatoms. The van der Waals surface area contributed by atoms with Crippen LogP contribution in [0.15, 0.2) is 30.3 Å². The van der Waals surface area contributed by atoms with Crippen LogP contribution in [0.3, 0.4) is 0 Å². The summed E-state index contributed by atoms with van der Waals surface area (Å²) >= 11 is 0. The third-order valence-electron chi connectivity index (χ3n) is 5.35. The lowest BCUT2D eigenvalue weighted by molar-refractivity contribution is 0.293. The Labute approximate surface area is 131 Å². The molecule has 0 amide bonds. The molecule has 1 N–H and O–H groups in total. The number of benzene rings is 1. The summed E-state index contributed by atoms with van der Waals surface area (Å²) in [4.78, 5) is 0. The minimum absolute atomic E-state index is 0.527. The molecule has 1 fully saturated rings. The highest BCUT2D eigenvalue weighted by Crippen LogP contribution is 2.30. The Balaban J connectivity index is 2.08. The maximum atomic E-state index is 4.03. The zero-order valence-corrected chi connectivity index (χ0v) is 14.1. The molecule has 0 bridgehead atoms. The summed E-state index contributed by atoms with van der Waals surface area (Å²) in [7, 11) is 0. The molecular weight excluding hydrogens is 254 g/mol. The number of hydrogen-bond acceptors (Lipinski definition) is 1. The largest absolute Gasteiger partial charge is 0.307 e. The molecule has 1 saturated carbocycles. The van der Waals surface area contributed by atoms with Crippen molar-refractivity contribution < 1.29 is 0 Å². The molecule has 0 spiro atoms. The van der Waals surface area contributed by atoms with Gasteiger partial charge in [0, 0.05) is 12.1 Å². The van der Waals surface area contributed by atoms with Gasteiger partial charge in [0.15, 0.2) is 0 Å². The van der Waals surface area contributed by atoms with Gasteiger partial charge in [0.25, 0.3) is 0 Å². The second kappa shape index (κ2) is 8.58. The first-order valence-corrected chi connectivity index (χ1v) is 9.05. The summed E-state index contributed by atoms with van der Waals surface area (Å²) in [5, 5.41) is 4.03. The third-order valence-corrected chi connectivity index (χ3v) is 5.35. The smallest absolute Gasteiger partial charge is 0.0350 e. The van der Waals surface area contributed by atoms with Crippen molar-refractivity contribution in [3.63, 3.8) is 0 Å². The second-order valence-corrected chi connectivity index (χ2v) is 6.94. The topological polar surface area (TPSA) is 12.0 Å². The highest BCUT2D eigenvalue weighted by molar-refractivity contribution is 5.20. The standard InChI is InChI=1S/C20H33N/c1-4-17(5-2)20(18-11-7-6-8-12-18)21-19-13-9-10-16(3)14-15-19/h6-8,11-12,16-17,19-21H,4-5,9-10,13-15H2,1-3H3. The molecule has 1 aliphatic carbocycles. The van der Waals surface area contributed by atoms with Crippen molar-refractivity contribution in [3.8, 4) is 0 Å². The fourth-order valence-electron chi connectivity index (χ4n) is 3.83. The summed E-state index contributed by atoms with van der Waals surface area (Å²) in [6.07, 6.45) is 9.42. The highest BCUT2D eigenvalue weighted by atomic mass is 15.0. The summed E-state index contributed by atoms with van der Waals surface area (Å²) in [6, 6.07) is 12.3. The van der Waals surface area contributed by atoms with Crippen LogP contribution in [0.25, 0.3) is 0 Å². The van der Waals surface area contributed by atoms with Crippen molar-refractivity contribution in [1.29, 1.82) is 0 Å². The van der Waals surface area contributed by atoms with Gasteiger partial charge in [-0.1, -0.05) is 76.8 Å². The van der Waals surface area contributed by atoms with Gasteiger partial charge < -0.3 is 5.32 Å². The SMILES string of the molecule is CCC(CC)C(NC1CCCC(C)CC1)c1ccccc1. The van der Waals surface area contributed by atoms with Gasteiger partial charge in [-0.3, -0.25) is 0 Å². The Hall–Kier alpha value is -0.820. The molecule has 1 aromatic carbocycles. The lowest BCUT2D eigenvalue weighted by Crippen LogP contribution is -2.36. The highest BCUT2D eigenvalue weighted by Gasteiger charge is 2.24. The monoisotopic (exact) mass is 287 g/mol. The van der Waals surface area contributed by atoms with Gasteiger partial charge >= 0.3 is 0 Å². The van der Waals surface area contributed by atoms with Crippen molar-refractivity contribution >= 4 is 0 Å². The van der Waals surface area contributed by atoms with Gasteiger partial charge in [0.05, 0.1) is 0 Å². The molecule has 0 aromatic heterocycles. The molecule has 1 aliphatic rings. The molecule has 0 saturated heterocycles. The number of nitrogens with one attached hydrogen (secondary N) is 1. The lowest BCUT2D eigenvalue weighted by Gasteiger charge is -2.31. The fraction of sp³-hybridized carbons (Fsp3) is 0.700. The molecule has 0 aliphatic heterocycles. The molecule has 2 rings (SSSR count). The Morgan fingerprint density at radius 2 is 1.71 bits per heavy atom. The van der Waals surface area contributed by atoms with Crippen molar-refractivity contribution in [3.05, 3.63) is 35.9 Å². The summed E-state index contributed by atoms with van der Waals surface area (Å²) in [5.74, 6) is 1.66. The molecule has 1 aromatic rings. The van der Waals surface area contributed by atoms with E-state index in [1.165, 1.54) is 50.5 Å². The van der Waals surface area contributed by atoms with E-state index in [-0.39, 0.29) is 0 Å². The molecule has 3 unspecified atom stereocenters. The maximum absolute atomic E-state index is 4.03. The van der Waals surface area contributed by atoms with E-state index >= 15 is 0 Å². The molecule has 0 radical (unpaired) electrons. The molecule has 3 atom stereocenters. The lowest BCUT2D eigenvalue weighted by atomic mass is 9.87. The van der Waals surface area contributed by atoms with Crippen molar-refractivity contribution in [2.75, 3.05) is 0 Å². The first-order valence-electron chi connectivity index (χ1n) is 9.05. The van der Waals surface area contributed by atoms with Crippen LogP contribution in [0.4, 0.5) is 0 Å². The van der Waals surface area contributed by atoms with E-state index in [1.807, 2.05) is 0 Å². The fourth-order valence-corrected chi connectivity index (χ4v) is 3.83. The van der Waals surface area contributed by atoms with E-state index in [0.717, 1.165) is 11.8 Å². The first-order chi connectivity index (χ1) is 10.2. The zero-order chi connectivity index (χ0) is 15.1. The van der Waals surface area contributed by atoms with Crippen LogP contribution in [0.5, 0.6) is 0 Å². The predicted octanol–water partition coefficient (Wildman–Crippen LogP) is 5.72. The van der Waals surface area contributed by atoms with E-state index < -0.39 is 0 Å². The van der Waals surface area contributed by atoms with Gasteiger partial charge in [-0.15, -0.1) is 0 Å². The molecular formula is C20H33N. The van der Waals surface area contributed by atoms with Crippen molar-refractivity contribution in [2.24, 2.45) is 11.8 Å². The molecule has 0 heterocycles. The Bertz CT molecular complexity index is 382. The van der Waals surface area contributed by atoms with Gasteiger partial charge in [-0.05, 0) is 36.7 Å². The Morgan fingerprint density at radius 3 is 2.38 bits per heavy atom. The molecule has 21 heavy (non-hydrogen) atoms. The first kappa shape index (κ1) is 16.5. The van der Waals surface area contributed by atoms with E-state index in [0.29, 0.717) is 12.1 Å². The Morgan fingerprint density at radius 1 is 1.00 bits per heavy atom. The van der Waals surface area contributed by atoms with Crippen molar-refractivity contribution in [1.82, 2.24) is 5.32 Å². The number of rotatable bonds is 6. The van der Waals surface area contributed by atoms with E-state index in [2.05, 4.69) is 56.4 Å². The van der Waals surface area contributed by atoms with Gasteiger partial charge in [-0.2, -0.15) is 0 Å². The second-order valence-electron chi connectivity index (χ2n) is 6.94. The quantitative estimate of drug-likeness (QED) is 0.660. The minimum Gasteiger partial charge on any atom is -0.307 e. The van der Waals surface area contributed by atoms with Crippen LogP contribution in [0.1, 0.15) is 77.3 Å². The number of hydrogen-bond donors (Lipinski definition) is 1. The summed E-state index contributed by atoms with van der Waals surface area (Å²) < 4.78 is 0. The zero-order valence-electron chi connectivity index (χ0n) is 14.1. The van der Waals surface area contributed by atoms with Crippen molar-refractivity contribution in [2.45, 2.75) is 77.8 Å². The van der Waals surface area contributed by atoms with E-state index in [4.69, 9.17) is 0 Å². The maximum Gasteiger partial charge on any atom is 0.0350 e. The van der Waals surface area contributed by atoms with Crippen LogP contribution in [0.2, 0.25) is 0 Å². The van der Waals surface area contributed by atoms with Crippen LogP contribution in [-0.4, -0.2) is 6.04 Å². The molecule has 118 valence electrons. The van der Waals surface area contributed by atoms with E-state index in [9.17, 15) is 0 Å². The van der Waals surface area contributed by atoms with Crippen LogP contribution >= 0.6 is 0 Å². The average Bonchev–Trinajstić information content (AvgIpc) is 2.73. The van der Waals surface area contributed by atoms with Gasteiger partial charge in [0.2, 0.25) is 0 Å². The Kier molecular flexibility index (Phi) is 6.76. The third kappa shape index (κ3) is 4.85. The normalized spacial score (nSPS) is 24.8. The van der Waals surface area contributed by atoms with E-state index in [1.54, 1.807) is 0 Å². The summed E-state index contributed by atoms with van der Waals surface area (Å²) in [6.45, 7) is 7.08. The van der Waals surface area contributed by atoms with Crippen LogP contribution < -0.4 is 5.32 Å². The summed E-state index contributed by atoms with van der Waals surface area (Å²) in [5.41, 5.74) is 1.48. The predicted molar refractivity (Wildman–Crippen MR) is 92.4 cm³/mol. The van der Waals surface area contributed by atoms with Crippen LogP contribution in [-0.2, 0) is 0 Å². The molecule has 1 nitrogen and oxygen atoms in total. The minimum atomic E-state index is 0.527.